The van der Waals surface area contributed by atoms with E-state index >= 15 is 0 Å². The van der Waals surface area contributed by atoms with Crippen molar-refractivity contribution < 1.29 is 9.32 Å². The number of carbonyl (C=O) groups excluding carboxylic acids is 1. The van der Waals surface area contributed by atoms with Gasteiger partial charge in [-0.25, -0.2) is 4.98 Å². The predicted octanol–water partition coefficient (Wildman–Crippen LogP) is 3.24. The molecule has 0 bridgehead atoms. The average molecular weight is 287 g/mol. The minimum Gasteiger partial charge on any atom is -0.336 e. The molecule has 1 fully saturated rings. The van der Waals surface area contributed by atoms with E-state index in [4.69, 9.17) is 4.52 Å². The molecule has 0 unspecified atom stereocenters. The third-order valence-electron chi connectivity index (χ3n) is 4.33. The summed E-state index contributed by atoms with van der Waals surface area (Å²) in [5.41, 5.74) is 2.65. The maximum absolute atomic E-state index is 13.0. The lowest BCUT2D eigenvalue weighted by molar-refractivity contribution is 0.0610. The number of nitrogens with zero attached hydrogens (tertiary/aromatic N) is 3. The molecular weight excluding hydrogens is 266 g/mol. The van der Waals surface area contributed by atoms with Crippen LogP contribution in [0.4, 0.5) is 0 Å². The van der Waals surface area contributed by atoms with E-state index in [-0.39, 0.29) is 5.91 Å². The van der Waals surface area contributed by atoms with Gasteiger partial charge in [-0.1, -0.05) is 12.1 Å². The van der Waals surface area contributed by atoms with E-state index in [9.17, 15) is 4.79 Å². The zero-order chi connectivity index (χ0) is 15.0. The lowest BCUT2D eigenvalue weighted by atomic mass is 9.98. The highest BCUT2D eigenvalue weighted by Gasteiger charge is 2.28. The number of hydrogen-bond donors (Lipinski definition) is 0. The van der Waals surface area contributed by atoms with E-state index in [0.717, 1.165) is 42.6 Å². The lowest BCUT2D eigenvalue weighted by Gasteiger charge is -2.35. The molecule has 0 saturated carbocycles. The molecule has 0 aliphatic carbocycles. The normalized spacial score (nSPS) is 19.2. The third kappa shape index (κ3) is 2.41. The first kappa shape index (κ1) is 14.0. The highest BCUT2D eigenvalue weighted by atomic mass is 16.5. The summed E-state index contributed by atoms with van der Waals surface area (Å²) >= 11 is 0. The van der Waals surface area contributed by atoms with Crippen molar-refractivity contribution in [3.8, 4) is 0 Å². The summed E-state index contributed by atoms with van der Waals surface area (Å²) in [4.78, 5) is 19.4. The van der Waals surface area contributed by atoms with Gasteiger partial charge in [-0.3, -0.25) is 4.79 Å². The Morgan fingerprint density at radius 2 is 2.24 bits per heavy atom. The molecule has 21 heavy (non-hydrogen) atoms. The molecule has 1 saturated heterocycles. The molecule has 3 heterocycles. The summed E-state index contributed by atoms with van der Waals surface area (Å²) in [6.45, 7) is 6.72. The largest absolute Gasteiger partial charge is 0.336 e. The summed E-state index contributed by atoms with van der Waals surface area (Å²) in [5, 5.41) is 4.71. The molecule has 2 aromatic rings. The van der Waals surface area contributed by atoms with E-state index in [2.05, 4.69) is 17.1 Å². The SMILES string of the molecule is CC[C@H]1CCCCN1C(=O)c1cc(C)nc2onc(C)c12. The molecule has 0 aromatic carbocycles. The van der Waals surface area contributed by atoms with Crippen molar-refractivity contribution in [3.63, 3.8) is 0 Å². The van der Waals surface area contributed by atoms with E-state index in [0.29, 0.717) is 17.3 Å². The van der Waals surface area contributed by atoms with Crippen molar-refractivity contribution in [1.82, 2.24) is 15.0 Å². The van der Waals surface area contributed by atoms with Gasteiger partial charge in [-0.2, -0.15) is 0 Å². The van der Waals surface area contributed by atoms with Crippen LogP contribution in [-0.2, 0) is 0 Å². The van der Waals surface area contributed by atoms with Gasteiger partial charge in [0.2, 0.25) is 0 Å². The van der Waals surface area contributed by atoms with Crippen LogP contribution in [0.2, 0.25) is 0 Å². The van der Waals surface area contributed by atoms with Crippen LogP contribution in [-0.4, -0.2) is 33.5 Å². The second kappa shape index (κ2) is 5.47. The van der Waals surface area contributed by atoms with Gasteiger partial charge in [0.15, 0.2) is 0 Å². The molecule has 1 atom stereocenters. The summed E-state index contributed by atoms with van der Waals surface area (Å²) in [6, 6.07) is 2.20. The fourth-order valence-corrected chi connectivity index (χ4v) is 3.23. The molecule has 1 aliphatic heterocycles. The number of hydrogen-bond acceptors (Lipinski definition) is 4. The Labute approximate surface area is 124 Å². The Balaban J connectivity index is 2.06. The topological polar surface area (TPSA) is 59.2 Å². The molecule has 5 heteroatoms. The van der Waals surface area contributed by atoms with Gasteiger partial charge in [0.1, 0.15) is 0 Å². The number of piperidine rings is 1. The number of likely N-dealkylation sites (tertiary alicyclic amines) is 1. The molecule has 112 valence electrons. The summed E-state index contributed by atoms with van der Waals surface area (Å²) < 4.78 is 5.23. The van der Waals surface area contributed by atoms with Gasteiger partial charge in [0, 0.05) is 18.3 Å². The Morgan fingerprint density at radius 1 is 1.43 bits per heavy atom. The lowest BCUT2D eigenvalue weighted by Crippen LogP contribution is -2.43. The molecule has 0 spiro atoms. The molecule has 2 aromatic heterocycles. The minimum atomic E-state index is 0.0864. The van der Waals surface area contributed by atoms with E-state index in [1.165, 1.54) is 6.42 Å². The second-order valence-electron chi connectivity index (χ2n) is 5.82. The van der Waals surface area contributed by atoms with Crippen molar-refractivity contribution >= 4 is 17.0 Å². The highest BCUT2D eigenvalue weighted by Crippen LogP contribution is 2.27. The van der Waals surface area contributed by atoms with Crippen LogP contribution in [0, 0.1) is 13.8 Å². The first-order chi connectivity index (χ1) is 10.1. The zero-order valence-corrected chi connectivity index (χ0v) is 12.8. The monoisotopic (exact) mass is 287 g/mol. The number of amides is 1. The van der Waals surface area contributed by atoms with Gasteiger partial charge < -0.3 is 9.42 Å². The molecule has 1 amide bonds. The fourth-order valence-electron chi connectivity index (χ4n) is 3.23. The van der Waals surface area contributed by atoms with Gasteiger partial charge in [0.25, 0.3) is 11.6 Å². The first-order valence-corrected chi connectivity index (χ1v) is 7.66. The number of rotatable bonds is 2. The smallest absolute Gasteiger partial charge is 0.258 e. The number of aryl methyl sites for hydroxylation is 2. The average Bonchev–Trinajstić information content (AvgIpc) is 2.86. The molecule has 5 nitrogen and oxygen atoms in total. The van der Waals surface area contributed by atoms with Crippen LogP contribution < -0.4 is 0 Å². The van der Waals surface area contributed by atoms with E-state index in [1.807, 2.05) is 24.8 Å². The molecule has 0 N–H and O–H groups in total. The van der Waals surface area contributed by atoms with Gasteiger partial charge in [-0.15, -0.1) is 0 Å². The summed E-state index contributed by atoms with van der Waals surface area (Å²) in [5.74, 6) is 0.0864. The number of pyridine rings is 1. The van der Waals surface area contributed by atoms with Gasteiger partial charge in [0.05, 0.1) is 16.6 Å². The van der Waals surface area contributed by atoms with E-state index in [1.54, 1.807) is 0 Å². The number of aromatic nitrogens is 2. The molecule has 3 rings (SSSR count). The van der Waals surface area contributed by atoms with Crippen molar-refractivity contribution in [2.45, 2.75) is 52.5 Å². The second-order valence-corrected chi connectivity index (χ2v) is 5.82. The predicted molar refractivity (Wildman–Crippen MR) is 80.2 cm³/mol. The minimum absolute atomic E-state index is 0.0864. The fraction of sp³-hybridized carbons (Fsp3) is 0.562. The quantitative estimate of drug-likeness (QED) is 0.850. The van der Waals surface area contributed by atoms with Crippen molar-refractivity contribution in [3.05, 3.63) is 23.0 Å². The van der Waals surface area contributed by atoms with Crippen LogP contribution in [0.3, 0.4) is 0 Å². The maximum atomic E-state index is 13.0. The van der Waals surface area contributed by atoms with Crippen LogP contribution >= 0.6 is 0 Å². The van der Waals surface area contributed by atoms with E-state index < -0.39 is 0 Å². The number of carbonyl (C=O) groups is 1. The summed E-state index contributed by atoms with van der Waals surface area (Å²) in [7, 11) is 0. The zero-order valence-electron chi connectivity index (χ0n) is 12.8. The Hall–Kier alpha value is -1.91. The van der Waals surface area contributed by atoms with Crippen LogP contribution in [0.5, 0.6) is 0 Å². The number of fused-ring (bicyclic) bond motifs is 1. The van der Waals surface area contributed by atoms with Crippen LogP contribution in [0.25, 0.3) is 11.1 Å². The van der Waals surface area contributed by atoms with Gasteiger partial charge in [-0.05, 0) is 45.6 Å². The van der Waals surface area contributed by atoms with Gasteiger partial charge >= 0.3 is 0 Å². The van der Waals surface area contributed by atoms with Crippen molar-refractivity contribution in [1.29, 1.82) is 0 Å². The Kier molecular flexibility index (Phi) is 3.66. The van der Waals surface area contributed by atoms with Crippen molar-refractivity contribution in [2.75, 3.05) is 6.54 Å². The van der Waals surface area contributed by atoms with Crippen molar-refractivity contribution in [2.24, 2.45) is 0 Å². The first-order valence-electron chi connectivity index (χ1n) is 7.66. The summed E-state index contributed by atoms with van der Waals surface area (Å²) in [6.07, 6.45) is 4.39. The highest BCUT2D eigenvalue weighted by molar-refractivity contribution is 6.06. The van der Waals surface area contributed by atoms with Crippen LogP contribution in [0.15, 0.2) is 10.6 Å². The Morgan fingerprint density at radius 3 is 3.00 bits per heavy atom. The molecular formula is C16H21N3O2. The molecule has 1 aliphatic rings. The maximum Gasteiger partial charge on any atom is 0.258 e. The molecule has 0 radical (unpaired) electrons. The Bertz CT molecular complexity index is 677. The standard InChI is InChI=1S/C16H21N3O2/c1-4-12-7-5-6-8-19(12)16(20)13-9-10(2)17-15-14(13)11(3)18-21-15/h9,12H,4-8H2,1-3H3/t12-/m0/s1. The third-order valence-corrected chi connectivity index (χ3v) is 4.33. The van der Waals surface area contributed by atoms with Crippen LogP contribution in [0.1, 0.15) is 54.4 Å².